The molecule has 1 unspecified atom stereocenters. The van der Waals surface area contributed by atoms with Crippen molar-refractivity contribution in [3.8, 4) is 11.5 Å². The number of methoxy groups -OCH3 is 2. The van der Waals surface area contributed by atoms with E-state index in [0.29, 0.717) is 35.9 Å². The third-order valence-corrected chi connectivity index (χ3v) is 2.97. The summed E-state index contributed by atoms with van der Waals surface area (Å²) in [5.74, 6) is 0.775. The first kappa shape index (κ1) is 14.4. The number of hydrogen-bond acceptors (Lipinski definition) is 6. The molecule has 110 valence electrons. The number of nitrogens with two attached hydrogens (primary N) is 1. The van der Waals surface area contributed by atoms with Gasteiger partial charge in [0.2, 0.25) is 6.79 Å². The standard InChI is InChI=1S/C13H18N2O5/c1-17-6-8(18-2)5-15-13(16)9-3-11-12(4-10(9)14)20-7-19-11/h3-4,8H,5-7,14H2,1-2H3,(H,15,16). The molecular formula is C13H18N2O5. The van der Waals surface area contributed by atoms with Crippen LogP contribution in [0.1, 0.15) is 10.4 Å². The average molecular weight is 282 g/mol. The van der Waals surface area contributed by atoms with Crippen molar-refractivity contribution in [3.05, 3.63) is 17.7 Å². The zero-order chi connectivity index (χ0) is 14.5. The van der Waals surface area contributed by atoms with E-state index in [2.05, 4.69) is 5.32 Å². The first-order chi connectivity index (χ1) is 9.65. The van der Waals surface area contributed by atoms with E-state index in [-0.39, 0.29) is 18.8 Å². The number of nitrogens with one attached hydrogen (secondary N) is 1. The highest BCUT2D eigenvalue weighted by Gasteiger charge is 2.20. The minimum absolute atomic E-state index is 0.138. The van der Waals surface area contributed by atoms with Crippen LogP contribution in [0, 0.1) is 0 Å². The Hall–Kier alpha value is -1.99. The molecule has 1 aromatic rings. The number of hydrogen-bond donors (Lipinski definition) is 2. The summed E-state index contributed by atoms with van der Waals surface area (Å²) in [5, 5.41) is 2.75. The van der Waals surface area contributed by atoms with Crippen LogP contribution in [0.25, 0.3) is 0 Å². The molecule has 1 aromatic carbocycles. The second-order valence-corrected chi connectivity index (χ2v) is 4.32. The highest BCUT2D eigenvalue weighted by molar-refractivity contribution is 6.00. The fourth-order valence-electron chi connectivity index (χ4n) is 1.85. The Morgan fingerprint density at radius 1 is 1.40 bits per heavy atom. The minimum Gasteiger partial charge on any atom is -0.454 e. The SMILES string of the molecule is COCC(CNC(=O)c1cc2c(cc1N)OCO2)OC. The summed E-state index contributed by atoms with van der Waals surface area (Å²) < 4.78 is 20.6. The van der Waals surface area contributed by atoms with Gasteiger partial charge in [-0.05, 0) is 6.07 Å². The van der Waals surface area contributed by atoms with E-state index < -0.39 is 0 Å². The third-order valence-electron chi connectivity index (χ3n) is 2.97. The first-order valence-corrected chi connectivity index (χ1v) is 6.14. The van der Waals surface area contributed by atoms with Gasteiger partial charge in [-0.2, -0.15) is 0 Å². The lowest BCUT2D eigenvalue weighted by atomic mass is 10.1. The lowest BCUT2D eigenvalue weighted by Crippen LogP contribution is -2.35. The van der Waals surface area contributed by atoms with Crippen molar-refractivity contribution < 1.29 is 23.7 Å². The molecule has 0 aliphatic carbocycles. The van der Waals surface area contributed by atoms with Gasteiger partial charge in [0.05, 0.1) is 18.3 Å². The summed E-state index contributed by atoms with van der Waals surface area (Å²) in [4.78, 5) is 12.1. The Labute approximate surface area is 116 Å². The Morgan fingerprint density at radius 2 is 2.10 bits per heavy atom. The van der Waals surface area contributed by atoms with Crippen LogP contribution in [0.5, 0.6) is 11.5 Å². The molecule has 1 atom stereocenters. The molecule has 7 nitrogen and oxygen atoms in total. The number of nitrogen functional groups attached to an aromatic ring is 1. The third kappa shape index (κ3) is 3.12. The average Bonchev–Trinajstić information content (AvgIpc) is 2.89. The second-order valence-electron chi connectivity index (χ2n) is 4.32. The number of anilines is 1. The van der Waals surface area contributed by atoms with E-state index >= 15 is 0 Å². The van der Waals surface area contributed by atoms with Gasteiger partial charge < -0.3 is 30.0 Å². The van der Waals surface area contributed by atoms with Gasteiger partial charge in [-0.3, -0.25) is 4.79 Å². The van der Waals surface area contributed by atoms with Crippen LogP contribution in [0.15, 0.2) is 12.1 Å². The Bertz CT molecular complexity index is 492. The van der Waals surface area contributed by atoms with Crippen LogP contribution in [-0.2, 0) is 9.47 Å². The number of benzene rings is 1. The topological polar surface area (TPSA) is 92.0 Å². The number of rotatable bonds is 6. The van der Waals surface area contributed by atoms with Crippen LogP contribution in [0.2, 0.25) is 0 Å². The number of ether oxygens (including phenoxy) is 4. The molecule has 1 aliphatic heterocycles. The highest BCUT2D eigenvalue weighted by Crippen LogP contribution is 2.35. The van der Waals surface area contributed by atoms with Crippen molar-refractivity contribution in [1.29, 1.82) is 0 Å². The molecule has 0 saturated heterocycles. The van der Waals surface area contributed by atoms with Crippen LogP contribution in [0.3, 0.4) is 0 Å². The highest BCUT2D eigenvalue weighted by atomic mass is 16.7. The number of carbonyl (C=O) groups excluding carboxylic acids is 1. The predicted molar refractivity (Wildman–Crippen MR) is 72.0 cm³/mol. The number of fused-ring (bicyclic) bond motifs is 1. The van der Waals surface area contributed by atoms with Gasteiger partial charge >= 0.3 is 0 Å². The monoisotopic (exact) mass is 282 g/mol. The summed E-state index contributed by atoms with van der Waals surface area (Å²) in [6, 6.07) is 3.16. The Balaban J connectivity index is 2.02. The van der Waals surface area contributed by atoms with Gasteiger partial charge in [0, 0.05) is 32.5 Å². The van der Waals surface area contributed by atoms with Crippen LogP contribution in [0.4, 0.5) is 5.69 Å². The summed E-state index contributed by atoms with van der Waals surface area (Å²) in [6.07, 6.45) is -0.209. The molecule has 1 amide bonds. The molecule has 7 heteroatoms. The maximum atomic E-state index is 12.1. The zero-order valence-corrected chi connectivity index (χ0v) is 11.5. The van der Waals surface area contributed by atoms with Crippen LogP contribution < -0.4 is 20.5 Å². The van der Waals surface area contributed by atoms with Gasteiger partial charge in [0.1, 0.15) is 0 Å². The maximum absolute atomic E-state index is 12.1. The van der Waals surface area contributed by atoms with Crippen molar-refractivity contribution in [2.45, 2.75) is 6.10 Å². The van der Waals surface area contributed by atoms with Crippen LogP contribution >= 0.6 is 0 Å². The lowest BCUT2D eigenvalue weighted by Gasteiger charge is -2.15. The second kappa shape index (κ2) is 6.44. The molecule has 0 radical (unpaired) electrons. The summed E-state index contributed by atoms with van der Waals surface area (Å²) in [5.41, 5.74) is 6.53. The first-order valence-electron chi connectivity index (χ1n) is 6.14. The van der Waals surface area contributed by atoms with E-state index in [1.54, 1.807) is 26.4 Å². The molecule has 0 fully saturated rings. The summed E-state index contributed by atoms with van der Waals surface area (Å²) in [6.45, 7) is 0.865. The Kier molecular flexibility index (Phi) is 4.65. The quantitative estimate of drug-likeness (QED) is 0.733. The predicted octanol–water partition coefficient (Wildman–Crippen LogP) is 0.389. The largest absolute Gasteiger partial charge is 0.454 e. The van der Waals surface area contributed by atoms with Gasteiger partial charge in [-0.15, -0.1) is 0 Å². The van der Waals surface area contributed by atoms with Gasteiger partial charge in [0.15, 0.2) is 11.5 Å². The van der Waals surface area contributed by atoms with Crippen molar-refractivity contribution in [3.63, 3.8) is 0 Å². The minimum atomic E-state index is -0.293. The van der Waals surface area contributed by atoms with Crippen LogP contribution in [-0.4, -0.2) is 46.2 Å². The van der Waals surface area contributed by atoms with Crippen molar-refractivity contribution in [2.24, 2.45) is 0 Å². The summed E-state index contributed by atoms with van der Waals surface area (Å²) >= 11 is 0. The molecule has 0 spiro atoms. The molecule has 20 heavy (non-hydrogen) atoms. The lowest BCUT2D eigenvalue weighted by molar-refractivity contribution is 0.0285. The van der Waals surface area contributed by atoms with E-state index in [4.69, 9.17) is 24.7 Å². The van der Waals surface area contributed by atoms with Crippen molar-refractivity contribution >= 4 is 11.6 Å². The molecule has 0 bridgehead atoms. The number of carbonyl (C=O) groups is 1. The normalized spacial score (nSPS) is 14.1. The molecule has 1 heterocycles. The van der Waals surface area contributed by atoms with E-state index in [9.17, 15) is 4.79 Å². The fraction of sp³-hybridized carbons (Fsp3) is 0.462. The molecular weight excluding hydrogens is 264 g/mol. The maximum Gasteiger partial charge on any atom is 0.253 e. The molecule has 2 rings (SSSR count). The number of amides is 1. The van der Waals surface area contributed by atoms with Gasteiger partial charge in [-0.1, -0.05) is 0 Å². The van der Waals surface area contributed by atoms with Crippen molar-refractivity contribution in [2.75, 3.05) is 39.9 Å². The molecule has 3 N–H and O–H groups in total. The summed E-state index contributed by atoms with van der Waals surface area (Å²) in [7, 11) is 3.13. The fourth-order valence-corrected chi connectivity index (χ4v) is 1.85. The van der Waals surface area contributed by atoms with Gasteiger partial charge in [0.25, 0.3) is 5.91 Å². The molecule has 0 aromatic heterocycles. The Morgan fingerprint density at radius 3 is 2.75 bits per heavy atom. The smallest absolute Gasteiger partial charge is 0.253 e. The van der Waals surface area contributed by atoms with E-state index in [1.165, 1.54) is 0 Å². The molecule has 1 aliphatic rings. The van der Waals surface area contributed by atoms with E-state index in [1.807, 2.05) is 0 Å². The van der Waals surface area contributed by atoms with E-state index in [0.717, 1.165) is 0 Å². The van der Waals surface area contributed by atoms with Crippen molar-refractivity contribution in [1.82, 2.24) is 5.32 Å². The van der Waals surface area contributed by atoms with Gasteiger partial charge in [-0.25, -0.2) is 0 Å². The molecule has 0 saturated carbocycles. The zero-order valence-electron chi connectivity index (χ0n) is 11.5.